The van der Waals surface area contributed by atoms with Gasteiger partial charge in [-0.1, -0.05) is 18.2 Å². The number of nitrogens with zero attached hydrogens (tertiary/aromatic N) is 1. The van der Waals surface area contributed by atoms with E-state index >= 15 is 0 Å². The first-order chi connectivity index (χ1) is 8.35. The maximum Gasteiger partial charge on any atom is 0.0746 e. The van der Waals surface area contributed by atoms with E-state index in [0.717, 1.165) is 19.5 Å². The summed E-state index contributed by atoms with van der Waals surface area (Å²) in [6.45, 7) is 2.83. The highest BCUT2D eigenvalue weighted by atomic mass is 16.5. The van der Waals surface area contributed by atoms with Crippen LogP contribution in [0.1, 0.15) is 18.4 Å². The topological polar surface area (TPSA) is 38.5 Å². The Hall–Kier alpha value is -1.06. The van der Waals surface area contributed by atoms with Crippen LogP contribution >= 0.6 is 0 Å². The molecule has 2 N–H and O–H groups in total. The van der Waals surface area contributed by atoms with Crippen molar-refractivity contribution in [3.63, 3.8) is 0 Å². The van der Waals surface area contributed by atoms with Crippen LogP contribution in [0.4, 0.5) is 5.69 Å². The summed E-state index contributed by atoms with van der Waals surface area (Å²) in [6, 6.07) is 8.57. The Balaban J connectivity index is 2.15. The van der Waals surface area contributed by atoms with Gasteiger partial charge in [-0.25, -0.2) is 0 Å². The van der Waals surface area contributed by atoms with Gasteiger partial charge in [0, 0.05) is 25.9 Å². The smallest absolute Gasteiger partial charge is 0.0746 e. The third kappa shape index (κ3) is 2.99. The summed E-state index contributed by atoms with van der Waals surface area (Å²) < 4.78 is 5.48. The van der Waals surface area contributed by atoms with Gasteiger partial charge in [-0.2, -0.15) is 0 Å². The molecule has 1 aromatic rings. The molecule has 0 amide bonds. The maximum atomic E-state index is 5.67. The predicted octanol–water partition coefficient (Wildman–Crippen LogP) is 1.80. The first-order valence-electron chi connectivity index (χ1n) is 6.41. The number of benzene rings is 1. The van der Waals surface area contributed by atoms with Gasteiger partial charge in [-0.3, -0.25) is 0 Å². The number of piperidine rings is 1. The van der Waals surface area contributed by atoms with Crippen molar-refractivity contribution in [3.05, 3.63) is 29.8 Å². The predicted molar refractivity (Wildman–Crippen MR) is 71.4 cm³/mol. The molecular formula is C14H22N2O. The van der Waals surface area contributed by atoms with Gasteiger partial charge < -0.3 is 15.4 Å². The Bertz CT molecular complexity index is 354. The Morgan fingerprint density at radius 2 is 2.24 bits per heavy atom. The second-order valence-corrected chi connectivity index (χ2v) is 4.61. The monoisotopic (exact) mass is 234 g/mol. The second kappa shape index (κ2) is 6.03. The molecule has 1 atom stereocenters. The van der Waals surface area contributed by atoms with Crippen molar-refractivity contribution in [1.29, 1.82) is 0 Å². The van der Waals surface area contributed by atoms with Gasteiger partial charge in [0.05, 0.1) is 6.10 Å². The van der Waals surface area contributed by atoms with Crippen LogP contribution in [0.25, 0.3) is 0 Å². The Labute approximate surface area is 104 Å². The van der Waals surface area contributed by atoms with E-state index in [4.69, 9.17) is 10.5 Å². The van der Waals surface area contributed by atoms with Crippen molar-refractivity contribution in [1.82, 2.24) is 0 Å². The number of ether oxygens (including phenoxy) is 1. The number of nitrogens with two attached hydrogens (primary N) is 1. The molecule has 1 fully saturated rings. The third-order valence-corrected chi connectivity index (χ3v) is 3.46. The SMILES string of the molecule is COC1CCCN(c2ccccc2CCN)C1. The average molecular weight is 234 g/mol. The number of para-hydroxylation sites is 1. The van der Waals surface area contributed by atoms with E-state index in [1.54, 1.807) is 7.11 Å². The molecule has 1 aromatic carbocycles. The van der Waals surface area contributed by atoms with E-state index in [1.165, 1.54) is 24.1 Å². The Kier molecular flexibility index (Phi) is 4.40. The minimum Gasteiger partial charge on any atom is -0.380 e. The van der Waals surface area contributed by atoms with Crippen molar-refractivity contribution in [2.45, 2.75) is 25.4 Å². The molecule has 0 spiro atoms. The van der Waals surface area contributed by atoms with E-state index in [0.29, 0.717) is 12.6 Å². The zero-order chi connectivity index (χ0) is 12.1. The zero-order valence-corrected chi connectivity index (χ0v) is 10.6. The molecule has 17 heavy (non-hydrogen) atoms. The summed E-state index contributed by atoms with van der Waals surface area (Å²) in [7, 11) is 1.81. The molecule has 1 heterocycles. The van der Waals surface area contributed by atoms with Gasteiger partial charge >= 0.3 is 0 Å². The molecule has 0 radical (unpaired) electrons. The summed E-state index contributed by atoms with van der Waals surface area (Å²) in [4.78, 5) is 2.43. The normalized spacial score (nSPS) is 20.6. The molecule has 1 unspecified atom stereocenters. The lowest BCUT2D eigenvalue weighted by Crippen LogP contribution is -2.39. The van der Waals surface area contributed by atoms with Gasteiger partial charge in [0.25, 0.3) is 0 Å². The van der Waals surface area contributed by atoms with E-state index in [1.807, 2.05) is 0 Å². The van der Waals surface area contributed by atoms with Gasteiger partial charge in [0.1, 0.15) is 0 Å². The first-order valence-corrected chi connectivity index (χ1v) is 6.41. The Morgan fingerprint density at radius 3 is 3.00 bits per heavy atom. The van der Waals surface area contributed by atoms with Crippen molar-refractivity contribution < 1.29 is 4.74 Å². The molecule has 0 aliphatic carbocycles. The maximum absolute atomic E-state index is 5.67. The minimum absolute atomic E-state index is 0.370. The molecule has 1 aliphatic rings. The van der Waals surface area contributed by atoms with Crippen LogP contribution in [-0.4, -0.2) is 32.8 Å². The summed E-state index contributed by atoms with van der Waals surface area (Å²) in [6.07, 6.45) is 3.70. The summed E-state index contributed by atoms with van der Waals surface area (Å²) in [5.74, 6) is 0. The lowest BCUT2D eigenvalue weighted by molar-refractivity contribution is 0.0893. The van der Waals surface area contributed by atoms with E-state index in [-0.39, 0.29) is 0 Å². The molecular weight excluding hydrogens is 212 g/mol. The van der Waals surface area contributed by atoms with Crippen molar-refractivity contribution in [2.24, 2.45) is 5.73 Å². The highest BCUT2D eigenvalue weighted by Crippen LogP contribution is 2.25. The fourth-order valence-corrected chi connectivity index (χ4v) is 2.54. The average Bonchev–Trinajstić information content (AvgIpc) is 2.40. The number of hydrogen-bond donors (Lipinski definition) is 1. The first kappa shape index (κ1) is 12.4. The fraction of sp³-hybridized carbons (Fsp3) is 0.571. The van der Waals surface area contributed by atoms with Gasteiger partial charge in [0.2, 0.25) is 0 Å². The van der Waals surface area contributed by atoms with E-state index in [9.17, 15) is 0 Å². The minimum atomic E-state index is 0.370. The number of hydrogen-bond acceptors (Lipinski definition) is 3. The third-order valence-electron chi connectivity index (χ3n) is 3.46. The quantitative estimate of drug-likeness (QED) is 0.863. The molecule has 1 saturated heterocycles. The highest BCUT2D eigenvalue weighted by molar-refractivity contribution is 5.54. The van der Waals surface area contributed by atoms with Crippen LogP contribution < -0.4 is 10.6 Å². The number of methoxy groups -OCH3 is 1. The zero-order valence-electron chi connectivity index (χ0n) is 10.6. The van der Waals surface area contributed by atoms with Crippen molar-refractivity contribution in [2.75, 3.05) is 31.6 Å². The number of anilines is 1. The van der Waals surface area contributed by atoms with Crippen LogP contribution in [0, 0.1) is 0 Å². The number of rotatable bonds is 4. The molecule has 2 rings (SSSR count). The molecule has 0 aromatic heterocycles. The lowest BCUT2D eigenvalue weighted by atomic mass is 10.0. The van der Waals surface area contributed by atoms with E-state index in [2.05, 4.69) is 29.2 Å². The van der Waals surface area contributed by atoms with Crippen LogP contribution in [0.15, 0.2) is 24.3 Å². The molecule has 3 nitrogen and oxygen atoms in total. The van der Waals surface area contributed by atoms with Crippen molar-refractivity contribution >= 4 is 5.69 Å². The molecule has 0 bridgehead atoms. The van der Waals surface area contributed by atoms with Crippen LogP contribution in [0.3, 0.4) is 0 Å². The summed E-state index contributed by atoms with van der Waals surface area (Å²) >= 11 is 0. The molecule has 0 saturated carbocycles. The van der Waals surface area contributed by atoms with Crippen LogP contribution in [0.5, 0.6) is 0 Å². The van der Waals surface area contributed by atoms with Crippen LogP contribution in [-0.2, 0) is 11.2 Å². The second-order valence-electron chi connectivity index (χ2n) is 4.61. The lowest BCUT2D eigenvalue weighted by Gasteiger charge is -2.34. The largest absolute Gasteiger partial charge is 0.380 e. The summed E-state index contributed by atoms with van der Waals surface area (Å²) in [5, 5.41) is 0. The van der Waals surface area contributed by atoms with Gasteiger partial charge in [-0.05, 0) is 37.4 Å². The molecule has 3 heteroatoms. The molecule has 1 aliphatic heterocycles. The molecule has 94 valence electrons. The highest BCUT2D eigenvalue weighted by Gasteiger charge is 2.20. The van der Waals surface area contributed by atoms with Gasteiger partial charge in [-0.15, -0.1) is 0 Å². The Morgan fingerprint density at radius 1 is 1.41 bits per heavy atom. The van der Waals surface area contributed by atoms with Gasteiger partial charge in [0.15, 0.2) is 0 Å². The van der Waals surface area contributed by atoms with Crippen molar-refractivity contribution in [3.8, 4) is 0 Å². The van der Waals surface area contributed by atoms with E-state index < -0.39 is 0 Å². The van der Waals surface area contributed by atoms with Crippen LogP contribution in [0.2, 0.25) is 0 Å². The summed E-state index contributed by atoms with van der Waals surface area (Å²) in [5.41, 5.74) is 8.36. The fourth-order valence-electron chi connectivity index (χ4n) is 2.54. The standard InChI is InChI=1S/C14H22N2O/c1-17-13-6-4-10-16(11-13)14-7-3-2-5-12(14)8-9-15/h2-3,5,7,13H,4,6,8-11,15H2,1H3.